The van der Waals surface area contributed by atoms with Gasteiger partial charge < -0.3 is 14.1 Å². The molecule has 4 rings (SSSR count). The van der Waals surface area contributed by atoms with Crippen molar-refractivity contribution in [1.29, 1.82) is 0 Å². The van der Waals surface area contributed by atoms with Gasteiger partial charge in [0.15, 0.2) is 6.61 Å². The van der Waals surface area contributed by atoms with Gasteiger partial charge in [0.25, 0.3) is 5.91 Å². The molecule has 5 nitrogen and oxygen atoms in total. The third kappa shape index (κ3) is 3.40. The lowest BCUT2D eigenvalue weighted by molar-refractivity contribution is 0.0687. The van der Waals surface area contributed by atoms with Crippen LogP contribution >= 0.6 is 0 Å². The molecule has 0 saturated carbocycles. The Kier molecular flexibility index (Phi) is 4.21. The van der Waals surface area contributed by atoms with Gasteiger partial charge in [0, 0.05) is 19.5 Å². The number of hydrogen-bond acceptors (Lipinski definition) is 4. The zero-order valence-corrected chi connectivity index (χ0v) is 13.7. The second-order valence-corrected chi connectivity index (χ2v) is 5.95. The maximum absolute atomic E-state index is 12.7. The number of para-hydroxylation sites is 1. The van der Waals surface area contributed by atoms with Crippen molar-refractivity contribution in [1.82, 2.24) is 9.88 Å². The number of rotatable bonds is 5. The molecule has 3 aromatic rings. The van der Waals surface area contributed by atoms with Crippen LogP contribution in [0, 0.1) is 0 Å². The monoisotopic (exact) mass is 334 g/mol. The Hall–Kier alpha value is -3.08. The number of carbonyl (C=O) groups is 1. The molecule has 1 aliphatic heterocycles. The summed E-state index contributed by atoms with van der Waals surface area (Å²) in [5.41, 5.74) is 1.83. The van der Waals surface area contributed by atoms with Crippen molar-refractivity contribution in [2.45, 2.75) is 19.6 Å². The quantitative estimate of drug-likeness (QED) is 0.717. The molecule has 0 aliphatic carbocycles. The minimum atomic E-state index is -0.108. The lowest BCUT2D eigenvalue weighted by Gasteiger charge is -2.25. The van der Waals surface area contributed by atoms with E-state index in [2.05, 4.69) is 4.98 Å². The zero-order chi connectivity index (χ0) is 17.1. The number of nitrogens with zero attached hydrogens (tertiary/aromatic N) is 2. The van der Waals surface area contributed by atoms with Crippen LogP contribution in [0.2, 0.25) is 0 Å². The summed E-state index contributed by atoms with van der Waals surface area (Å²) in [4.78, 5) is 18.9. The van der Waals surface area contributed by atoms with Gasteiger partial charge in [0.05, 0.1) is 5.69 Å². The molecular weight excluding hydrogens is 316 g/mol. The summed E-state index contributed by atoms with van der Waals surface area (Å²) < 4.78 is 11.3. The van der Waals surface area contributed by atoms with Gasteiger partial charge in [-0.3, -0.25) is 4.79 Å². The summed E-state index contributed by atoms with van der Waals surface area (Å²) in [5, 5.41) is 0. The van der Waals surface area contributed by atoms with Gasteiger partial charge in [-0.2, -0.15) is 0 Å². The first-order valence-electron chi connectivity index (χ1n) is 8.29. The number of benzene rings is 2. The lowest BCUT2D eigenvalue weighted by Crippen LogP contribution is -2.36. The van der Waals surface area contributed by atoms with Crippen molar-refractivity contribution < 1.29 is 13.9 Å². The molecule has 126 valence electrons. The van der Waals surface area contributed by atoms with E-state index >= 15 is 0 Å². The maximum atomic E-state index is 12.7. The fraction of sp³-hybridized carbons (Fsp3) is 0.200. The minimum Gasteiger partial charge on any atom is -0.484 e. The Balaban J connectivity index is 1.45. The van der Waals surface area contributed by atoms with E-state index in [0.717, 1.165) is 17.0 Å². The van der Waals surface area contributed by atoms with E-state index in [4.69, 9.17) is 9.15 Å². The number of amides is 1. The highest BCUT2D eigenvalue weighted by molar-refractivity contribution is 5.93. The first-order valence-corrected chi connectivity index (χ1v) is 8.29. The smallest absolute Gasteiger partial charge is 0.291 e. The SMILES string of the molecule is O=C1c2oc(COc3ccccc3)nc2CCN1Cc1ccccc1. The third-order valence-electron chi connectivity index (χ3n) is 4.16. The summed E-state index contributed by atoms with van der Waals surface area (Å²) in [5.74, 6) is 1.41. The molecule has 1 aliphatic rings. The first kappa shape index (κ1) is 15.4. The fourth-order valence-corrected chi connectivity index (χ4v) is 2.90. The van der Waals surface area contributed by atoms with E-state index in [1.165, 1.54) is 0 Å². The van der Waals surface area contributed by atoms with E-state index in [0.29, 0.717) is 31.2 Å². The second-order valence-electron chi connectivity index (χ2n) is 5.95. The van der Waals surface area contributed by atoms with Gasteiger partial charge >= 0.3 is 0 Å². The average Bonchev–Trinajstić information content (AvgIpc) is 3.08. The predicted molar refractivity (Wildman–Crippen MR) is 92.2 cm³/mol. The standard InChI is InChI=1S/C20H18N2O3/c23-20-19-17(11-12-22(20)13-15-7-3-1-4-8-15)21-18(25-19)14-24-16-9-5-2-6-10-16/h1-10H,11-14H2. The van der Waals surface area contributed by atoms with Crippen LogP contribution in [-0.4, -0.2) is 22.3 Å². The third-order valence-corrected chi connectivity index (χ3v) is 4.16. The van der Waals surface area contributed by atoms with Crippen molar-refractivity contribution in [2.24, 2.45) is 0 Å². The van der Waals surface area contributed by atoms with Crippen LogP contribution in [0.15, 0.2) is 65.1 Å². The van der Waals surface area contributed by atoms with E-state index in [9.17, 15) is 4.79 Å². The lowest BCUT2D eigenvalue weighted by atomic mass is 10.1. The predicted octanol–water partition coefficient (Wildman–Crippen LogP) is 3.45. The topological polar surface area (TPSA) is 55.6 Å². The first-order chi connectivity index (χ1) is 12.3. The number of fused-ring (bicyclic) bond motifs is 1. The molecule has 0 fully saturated rings. The average molecular weight is 334 g/mol. The minimum absolute atomic E-state index is 0.108. The molecule has 0 bridgehead atoms. The molecule has 5 heteroatoms. The van der Waals surface area contributed by atoms with Crippen LogP contribution in [0.1, 0.15) is 27.7 Å². The van der Waals surface area contributed by atoms with Crippen LogP contribution in [0.5, 0.6) is 5.75 Å². The number of oxazole rings is 1. The van der Waals surface area contributed by atoms with Crippen LogP contribution in [0.25, 0.3) is 0 Å². The van der Waals surface area contributed by atoms with Crippen molar-refractivity contribution in [3.63, 3.8) is 0 Å². The molecule has 0 N–H and O–H groups in total. The van der Waals surface area contributed by atoms with Crippen molar-refractivity contribution >= 4 is 5.91 Å². The van der Waals surface area contributed by atoms with Crippen molar-refractivity contribution in [3.05, 3.63) is 83.6 Å². The Morgan fingerprint density at radius 3 is 2.52 bits per heavy atom. The molecule has 0 spiro atoms. The normalized spacial score (nSPS) is 13.6. The van der Waals surface area contributed by atoms with E-state index in [1.54, 1.807) is 4.90 Å². The molecule has 2 heterocycles. The molecule has 0 atom stereocenters. The summed E-state index contributed by atoms with van der Waals surface area (Å²) in [6, 6.07) is 19.4. The Morgan fingerprint density at radius 1 is 1.04 bits per heavy atom. The molecule has 0 radical (unpaired) electrons. The molecule has 0 unspecified atom stereocenters. The van der Waals surface area contributed by atoms with E-state index < -0.39 is 0 Å². The van der Waals surface area contributed by atoms with Gasteiger partial charge in [-0.15, -0.1) is 0 Å². The summed E-state index contributed by atoms with van der Waals surface area (Å²) >= 11 is 0. The molecule has 25 heavy (non-hydrogen) atoms. The highest BCUT2D eigenvalue weighted by Crippen LogP contribution is 2.22. The number of aromatic nitrogens is 1. The fourth-order valence-electron chi connectivity index (χ4n) is 2.90. The summed E-state index contributed by atoms with van der Waals surface area (Å²) in [6.07, 6.45) is 0.697. The van der Waals surface area contributed by atoms with Gasteiger partial charge in [0.1, 0.15) is 5.75 Å². The highest BCUT2D eigenvalue weighted by Gasteiger charge is 2.30. The van der Waals surface area contributed by atoms with Gasteiger partial charge in [-0.05, 0) is 17.7 Å². The molecule has 1 amide bonds. The second kappa shape index (κ2) is 6.81. The largest absolute Gasteiger partial charge is 0.484 e. The molecule has 2 aromatic carbocycles. The van der Waals surface area contributed by atoms with Crippen molar-refractivity contribution in [2.75, 3.05) is 6.54 Å². The molecular formula is C20H18N2O3. The van der Waals surface area contributed by atoms with E-state index in [-0.39, 0.29) is 12.5 Å². The van der Waals surface area contributed by atoms with Crippen LogP contribution in [0.3, 0.4) is 0 Å². The molecule has 1 aromatic heterocycles. The summed E-state index contributed by atoms with van der Waals surface area (Å²) in [7, 11) is 0. The van der Waals surface area contributed by atoms with Gasteiger partial charge in [-0.1, -0.05) is 48.5 Å². The van der Waals surface area contributed by atoms with Gasteiger partial charge in [0.2, 0.25) is 11.7 Å². The highest BCUT2D eigenvalue weighted by atomic mass is 16.5. The van der Waals surface area contributed by atoms with Gasteiger partial charge in [-0.25, -0.2) is 4.98 Å². The Bertz CT molecular complexity index is 859. The van der Waals surface area contributed by atoms with Crippen LogP contribution in [-0.2, 0) is 19.6 Å². The van der Waals surface area contributed by atoms with Crippen molar-refractivity contribution in [3.8, 4) is 5.75 Å². The Morgan fingerprint density at radius 2 is 1.76 bits per heavy atom. The summed E-state index contributed by atoms with van der Waals surface area (Å²) in [6.45, 7) is 1.44. The molecule has 0 saturated heterocycles. The zero-order valence-electron chi connectivity index (χ0n) is 13.7. The number of ether oxygens (including phenoxy) is 1. The van der Waals surface area contributed by atoms with Crippen LogP contribution < -0.4 is 4.74 Å². The number of hydrogen-bond donors (Lipinski definition) is 0. The Labute approximate surface area is 145 Å². The maximum Gasteiger partial charge on any atom is 0.291 e. The van der Waals surface area contributed by atoms with Crippen LogP contribution in [0.4, 0.5) is 0 Å². The van der Waals surface area contributed by atoms with E-state index in [1.807, 2.05) is 60.7 Å². The number of carbonyl (C=O) groups excluding carboxylic acids is 1.